The van der Waals surface area contributed by atoms with Gasteiger partial charge in [-0.25, -0.2) is 0 Å². The normalized spacial score (nSPS) is 14.3. The molecule has 0 heterocycles. The molecule has 0 amide bonds. The average molecular weight is 478 g/mol. The van der Waals surface area contributed by atoms with Crippen LogP contribution in [0, 0.1) is 0 Å². The van der Waals surface area contributed by atoms with Crippen molar-refractivity contribution >= 4 is 33.0 Å². The Labute approximate surface area is 187 Å². The van der Waals surface area contributed by atoms with E-state index in [1.54, 1.807) is 0 Å². The van der Waals surface area contributed by atoms with Crippen LogP contribution in [0.1, 0.15) is 0 Å². The molecule has 31 heavy (non-hydrogen) atoms. The quantitative estimate of drug-likeness (QED) is 0.199. The van der Waals surface area contributed by atoms with Gasteiger partial charge in [-0.05, 0) is 0 Å². The zero-order valence-electron chi connectivity index (χ0n) is 18.9. The predicted molar refractivity (Wildman–Crippen MR) is 142 cm³/mol. The van der Waals surface area contributed by atoms with Crippen molar-refractivity contribution in [2.24, 2.45) is 0 Å². The van der Waals surface area contributed by atoms with Gasteiger partial charge in [-0.3, -0.25) is 0 Å². The Hall–Kier alpha value is -1.55. The summed E-state index contributed by atoms with van der Waals surface area (Å²) >= 11 is -3.85. The van der Waals surface area contributed by atoms with Crippen LogP contribution in [0.2, 0.25) is 20.9 Å². The van der Waals surface area contributed by atoms with E-state index in [0.29, 0.717) is 0 Å². The Morgan fingerprint density at radius 1 is 0.355 bits per heavy atom. The molecule has 4 rings (SSSR count). The van der Waals surface area contributed by atoms with Crippen LogP contribution in [0.5, 0.6) is 0 Å². The van der Waals surface area contributed by atoms with E-state index in [1.165, 1.54) is 21.2 Å². The molecule has 4 aromatic carbocycles. The fourth-order valence-corrected chi connectivity index (χ4v) is 45.7. The fourth-order valence-electron chi connectivity index (χ4n) is 5.00. The Morgan fingerprint density at radius 2 is 0.548 bits per heavy atom. The first-order valence-corrected chi connectivity index (χ1v) is 24.1. The summed E-state index contributed by atoms with van der Waals surface area (Å²) in [7, 11) is 0. The van der Waals surface area contributed by atoms with Gasteiger partial charge in [0.1, 0.15) is 0 Å². The number of benzene rings is 4. The number of hydrogen-bond acceptors (Lipinski definition) is 0. The third kappa shape index (κ3) is 4.51. The molecule has 0 spiro atoms. The van der Waals surface area contributed by atoms with Crippen LogP contribution >= 0.6 is 11.8 Å². The average Bonchev–Trinajstić information content (AvgIpc) is 2.76. The monoisotopic (exact) mass is 478 g/mol. The summed E-state index contributed by atoms with van der Waals surface area (Å²) in [5.74, 6) is -1.06. The van der Waals surface area contributed by atoms with Gasteiger partial charge in [-0.1, -0.05) is 0 Å². The molecular formula is C28H32P2Ti. The fraction of sp³-hybridized carbons (Fsp3) is 0.143. The summed E-state index contributed by atoms with van der Waals surface area (Å²) in [5.41, 5.74) is 0. The molecule has 0 saturated heterocycles. The minimum atomic E-state index is -3.85. The zero-order chi connectivity index (χ0) is 22.0. The maximum atomic E-state index is 2.71. The van der Waals surface area contributed by atoms with Crippen molar-refractivity contribution in [3.63, 3.8) is 0 Å². The van der Waals surface area contributed by atoms with E-state index in [0.717, 1.165) is 0 Å². The van der Waals surface area contributed by atoms with Gasteiger partial charge in [0.25, 0.3) is 0 Å². The summed E-state index contributed by atoms with van der Waals surface area (Å²) in [4.78, 5) is 0. The first kappa shape index (κ1) is 22.6. The second-order valence-corrected chi connectivity index (χ2v) is 51.8. The van der Waals surface area contributed by atoms with Crippen LogP contribution in [-0.2, 0) is 13.0 Å². The molecule has 0 N–H and O–H groups in total. The molecule has 0 aromatic heterocycles. The van der Waals surface area contributed by atoms with Crippen molar-refractivity contribution in [3.05, 3.63) is 121 Å². The van der Waals surface area contributed by atoms with Crippen molar-refractivity contribution < 1.29 is 13.0 Å². The molecule has 0 radical (unpaired) electrons. The molecule has 0 aliphatic rings. The number of hydrogen-bond donors (Lipinski definition) is 0. The second kappa shape index (κ2) is 8.10. The van der Waals surface area contributed by atoms with Gasteiger partial charge in [0.15, 0.2) is 0 Å². The third-order valence-electron chi connectivity index (χ3n) is 6.05. The molecule has 0 unspecified atom stereocenters. The molecule has 0 nitrogen and oxygen atoms in total. The first-order chi connectivity index (χ1) is 14.7. The van der Waals surface area contributed by atoms with Crippen LogP contribution in [-0.4, -0.2) is 0 Å². The van der Waals surface area contributed by atoms with E-state index in [-0.39, 0.29) is 0 Å². The molecular weight excluding hydrogens is 446 g/mol. The van der Waals surface area contributed by atoms with E-state index in [2.05, 4.69) is 142 Å². The van der Waals surface area contributed by atoms with Crippen molar-refractivity contribution in [3.8, 4) is 0 Å². The molecule has 0 saturated carbocycles. The molecule has 0 atom stereocenters. The van der Waals surface area contributed by atoms with Crippen molar-refractivity contribution in [1.82, 2.24) is 0 Å². The Kier molecular flexibility index (Phi) is 5.92. The van der Waals surface area contributed by atoms with Gasteiger partial charge in [-0.15, -0.1) is 0 Å². The standard InChI is InChI=1S/2C12H10P.4CH3.Ti/c2*1-3-7-11(8-4-1)13-12-9-5-2-6-10-12;;;;;/h2*1-10H;4*1H3;/q2*-1;;;;;+2. The summed E-state index contributed by atoms with van der Waals surface area (Å²) in [5, 5.41) is 16.8. The first-order valence-electron chi connectivity index (χ1n) is 11.0. The Balaban J connectivity index is 2.07. The Morgan fingerprint density at radius 3 is 0.742 bits per heavy atom. The van der Waals surface area contributed by atoms with E-state index < -0.39 is 24.8 Å². The van der Waals surface area contributed by atoms with E-state index in [9.17, 15) is 0 Å². The maximum absolute atomic E-state index is 3.85. The van der Waals surface area contributed by atoms with Crippen LogP contribution < -0.4 is 21.2 Å². The summed E-state index contributed by atoms with van der Waals surface area (Å²) in [6.45, 7) is 0. The summed E-state index contributed by atoms with van der Waals surface area (Å²) < 4.78 is 0. The van der Waals surface area contributed by atoms with Crippen LogP contribution in [0.15, 0.2) is 121 Å². The van der Waals surface area contributed by atoms with Gasteiger partial charge in [0.2, 0.25) is 0 Å². The van der Waals surface area contributed by atoms with Gasteiger partial charge >= 0.3 is 188 Å². The topological polar surface area (TPSA) is 0 Å². The van der Waals surface area contributed by atoms with Gasteiger partial charge in [0, 0.05) is 0 Å². The van der Waals surface area contributed by atoms with Crippen molar-refractivity contribution in [2.75, 3.05) is 0 Å². The van der Waals surface area contributed by atoms with E-state index in [1.807, 2.05) is 0 Å². The molecule has 4 aromatic rings. The summed E-state index contributed by atoms with van der Waals surface area (Å²) in [6, 6.07) is 45.2. The molecule has 0 aliphatic heterocycles. The minimum absolute atomic E-state index is 0.529. The third-order valence-corrected chi connectivity index (χ3v) is 41.7. The van der Waals surface area contributed by atoms with Gasteiger partial charge in [-0.2, -0.15) is 0 Å². The molecule has 3 heteroatoms. The molecule has 0 bridgehead atoms. The van der Waals surface area contributed by atoms with Crippen LogP contribution in [0.25, 0.3) is 0 Å². The van der Waals surface area contributed by atoms with E-state index in [4.69, 9.17) is 0 Å². The van der Waals surface area contributed by atoms with E-state index >= 15 is 0 Å². The van der Waals surface area contributed by atoms with Crippen LogP contribution in [0.4, 0.5) is 0 Å². The molecule has 158 valence electrons. The SMILES string of the molecule is [CH3][Ti]([CH3])([CH3])([CH3])([P](c1ccccc1)c1ccccc1)[P](c1ccccc1)c1ccccc1. The zero-order valence-corrected chi connectivity index (χ0v) is 22.3. The Bertz CT molecular complexity index is 967. The predicted octanol–water partition coefficient (Wildman–Crippen LogP) is 7.50. The van der Waals surface area contributed by atoms with Crippen molar-refractivity contribution in [1.29, 1.82) is 0 Å². The van der Waals surface area contributed by atoms with Crippen molar-refractivity contribution in [2.45, 2.75) is 20.9 Å². The summed E-state index contributed by atoms with van der Waals surface area (Å²) in [6.07, 6.45) is 0. The molecule has 0 aliphatic carbocycles. The molecule has 0 fully saturated rings. The van der Waals surface area contributed by atoms with Gasteiger partial charge < -0.3 is 0 Å². The second-order valence-electron chi connectivity index (χ2n) is 10.9. The van der Waals surface area contributed by atoms with Crippen LogP contribution in [0.3, 0.4) is 0 Å². The number of rotatable bonds is 6. The van der Waals surface area contributed by atoms with Gasteiger partial charge in [0.05, 0.1) is 0 Å².